The fourth-order valence-corrected chi connectivity index (χ4v) is 1.38. The molecule has 0 rings (SSSR count). The van der Waals surface area contributed by atoms with Gasteiger partial charge in [-0.05, 0) is 0 Å². The van der Waals surface area contributed by atoms with Crippen molar-refractivity contribution in [2.75, 3.05) is 28.2 Å². The van der Waals surface area contributed by atoms with Crippen LogP contribution in [0.25, 0.3) is 0 Å². The minimum Gasteiger partial charge on any atom is -0.870 e. The molecule has 0 spiro atoms. The minimum atomic E-state index is 0. The second kappa shape index (κ2) is 15.9. The van der Waals surface area contributed by atoms with E-state index in [0.29, 0.717) is 0 Å². The fraction of sp³-hybridized carbons (Fsp3) is 1.00. The topological polar surface area (TPSA) is 30.0 Å². The van der Waals surface area contributed by atoms with Crippen molar-refractivity contribution in [3.8, 4) is 0 Å². The van der Waals surface area contributed by atoms with E-state index in [1.807, 2.05) is 0 Å². The highest BCUT2D eigenvalue weighted by Gasteiger charge is 1.89. The number of rotatable bonds is 8. The zero-order valence-electron chi connectivity index (χ0n) is 13.3. The van der Waals surface area contributed by atoms with E-state index in [2.05, 4.69) is 42.0 Å². The molecule has 0 atom stereocenters. The predicted molar refractivity (Wildman–Crippen MR) is 78.8 cm³/mol. The summed E-state index contributed by atoms with van der Waals surface area (Å²) in [6, 6.07) is 0. The third kappa shape index (κ3) is 49.2. The SMILES string of the molecule is CCCCCCCCCCC.C[N+](C)(C)C.[OH-]. The maximum Gasteiger partial charge on any atom is 0.0675 e. The van der Waals surface area contributed by atoms with Crippen molar-refractivity contribution in [3.05, 3.63) is 0 Å². The quantitative estimate of drug-likeness (QED) is 0.452. The average Bonchev–Trinajstić information content (AvgIpc) is 2.14. The average molecular weight is 247 g/mol. The lowest BCUT2D eigenvalue weighted by Crippen LogP contribution is -2.27. The second-order valence-corrected chi connectivity index (χ2v) is 6.16. The van der Waals surface area contributed by atoms with Crippen molar-refractivity contribution < 1.29 is 9.96 Å². The summed E-state index contributed by atoms with van der Waals surface area (Å²) in [6.45, 7) is 4.55. The van der Waals surface area contributed by atoms with Crippen molar-refractivity contribution in [2.45, 2.75) is 71.6 Å². The molecule has 0 radical (unpaired) electrons. The number of nitrogens with zero attached hydrogens (tertiary/aromatic N) is 1. The molecule has 0 bridgehead atoms. The van der Waals surface area contributed by atoms with E-state index in [1.54, 1.807) is 0 Å². The van der Waals surface area contributed by atoms with Crippen LogP contribution in [0.1, 0.15) is 71.6 Å². The van der Waals surface area contributed by atoms with Crippen LogP contribution in [-0.4, -0.2) is 38.1 Å². The van der Waals surface area contributed by atoms with E-state index in [9.17, 15) is 0 Å². The van der Waals surface area contributed by atoms with Gasteiger partial charge in [-0.15, -0.1) is 0 Å². The Balaban J connectivity index is -0.000000280. The summed E-state index contributed by atoms with van der Waals surface area (Å²) in [6.07, 6.45) is 13.0. The van der Waals surface area contributed by atoms with Gasteiger partial charge in [-0.1, -0.05) is 71.6 Å². The lowest BCUT2D eigenvalue weighted by Gasteiger charge is -2.14. The van der Waals surface area contributed by atoms with Crippen LogP contribution in [0.4, 0.5) is 0 Å². The minimum absolute atomic E-state index is 0. The zero-order chi connectivity index (χ0) is 12.9. The predicted octanol–water partition coefficient (Wildman–Crippen LogP) is 4.68. The van der Waals surface area contributed by atoms with Gasteiger partial charge in [0.25, 0.3) is 0 Å². The number of quaternary nitrogens is 1. The molecule has 0 aliphatic heterocycles. The maximum absolute atomic E-state index is 2.27. The molecule has 0 aliphatic carbocycles. The van der Waals surface area contributed by atoms with Crippen LogP contribution >= 0.6 is 0 Å². The molecular weight excluding hydrogens is 210 g/mol. The molecule has 0 heterocycles. The van der Waals surface area contributed by atoms with Crippen molar-refractivity contribution >= 4 is 0 Å². The van der Waals surface area contributed by atoms with Gasteiger partial charge in [0.15, 0.2) is 0 Å². The van der Waals surface area contributed by atoms with E-state index in [1.165, 1.54) is 57.8 Å². The van der Waals surface area contributed by atoms with Crippen molar-refractivity contribution in [2.24, 2.45) is 0 Å². The molecule has 2 nitrogen and oxygen atoms in total. The normalized spacial score (nSPS) is 10.2. The Morgan fingerprint density at radius 1 is 0.529 bits per heavy atom. The molecule has 108 valence electrons. The van der Waals surface area contributed by atoms with Crippen LogP contribution in [0.2, 0.25) is 0 Å². The molecule has 0 saturated heterocycles. The van der Waals surface area contributed by atoms with Crippen LogP contribution in [0.3, 0.4) is 0 Å². The van der Waals surface area contributed by atoms with Gasteiger partial charge in [-0.2, -0.15) is 0 Å². The molecule has 0 aromatic heterocycles. The van der Waals surface area contributed by atoms with Gasteiger partial charge >= 0.3 is 0 Å². The molecule has 0 saturated carbocycles. The third-order valence-electron chi connectivity index (χ3n) is 2.21. The second-order valence-electron chi connectivity index (χ2n) is 6.16. The first-order valence-electron chi connectivity index (χ1n) is 7.20. The van der Waals surface area contributed by atoms with Crippen LogP contribution in [0.5, 0.6) is 0 Å². The molecule has 0 aliphatic rings. The van der Waals surface area contributed by atoms with Crippen molar-refractivity contribution in [1.82, 2.24) is 0 Å². The highest BCUT2D eigenvalue weighted by Crippen LogP contribution is 2.08. The fourth-order valence-electron chi connectivity index (χ4n) is 1.38. The first-order chi connectivity index (χ1) is 7.41. The molecule has 0 aromatic carbocycles. The molecule has 2 heteroatoms. The van der Waals surface area contributed by atoms with E-state index >= 15 is 0 Å². The molecule has 0 fully saturated rings. The van der Waals surface area contributed by atoms with E-state index in [4.69, 9.17) is 0 Å². The highest BCUT2D eigenvalue weighted by molar-refractivity contribution is 4.44. The van der Waals surface area contributed by atoms with Gasteiger partial charge in [0.05, 0.1) is 28.2 Å². The summed E-state index contributed by atoms with van der Waals surface area (Å²) in [5.41, 5.74) is 0. The van der Waals surface area contributed by atoms with Crippen LogP contribution in [0.15, 0.2) is 0 Å². The van der Waals surface area contributed by atoms with Gasteiger partial charge < -0.3 is 9.96 Å². The van der Waals surface area contributed by atoms with Crippen molar-refractivity contribution in [3.63, 3.8) is 0 Å². The third-order valence-corrected chi connectivity index (χ3v) is 2.21. The Morgan fingerprint density at radius 2 is 0.706 bits per heavy atom. The summed E-state index contributed by atoms with van der Waals surface area (Å²) in [4.78, 5) is 0. The Labute approximate surface area is 110 Å². The number of hydrogen-bond donors (Lipinski definition) is 0. The summed E-state index contributed by atoms with van der Waals surface area (Å²) < 4.78 is 1.00. The van der Waals surface area contributed by atoms with Gasteiger partial charge in [0.2, 0.25) is 0 Å². The largest absolute Gasteiger partial charge is 0.870 e. The first kappa shape index (κ1) is 22.1. The molecule has 17 heavy (non-hydrogen) atoms. The smallest absolute Gasteiger partial charge is 0.0675 e. The summed E-state index contributed by atoms with van der Waals surface area (Å²) in [5.74, 6) is 0. The molecule has 1 N–H and O–H groups in total. The van der Waals surface area contributed by atoms with Gasteiger partial charge in [0, 0.05) is 0 Å². The van der Waals surface area contributed by atoms with Gasteiger partial charge in [-0.3, -0.25) is 0 Å². The summed E-state index contributed by atoms with van der Waals surface area (Å²) in [7, 11) is 8.50. The number of hydrogen-bond acceptors (Lipinski definition) is 1. The standard InChI is InChI=1S/C11H24.C4H12N.H2O/c1-3-5-7-9-11-10-8-6-4-2;1-5(2,3)4;/h3-11H2,1-2H3;1-4H3;1H2/q;+1;/p-1. The molecule has 0 aromatic rings. The Kier molecular flexibility index (Phi) is 20.7. The molecule has 0 unspecified atom stereocenters. The lowest BCUT2D eigenvalue weighted by atomic mass is 10.1. The molecular formula is C15H37NO. The van der Waals surface area contributed by atoms with E-state index in [-0.39, 0.29) is 5.48 Å². The molecule has 0 amide bonds. The van der Waals surface area contributed by atoms with Crippen LogP contribution in [0, 0.1) is 0 Å². The van der Waals surface area contributed by atoms with Crippen molar-refractivity contribution in [1.29, 1.82) is 0 Å². The van der Waals surface area contributed by atoms with Gasteiger partial charge in [-0.25, -0.2) is 0 Å². The van der Waals surface area contributed by atoms with Crippen LogP contribution in [-0.2, 0) is 0 Å². The highest BCUT2D eigenvalue weighted by atomic mass is 16.0. The lowest BCUT2D eigenvalue weighted by molar-refractivity contribution is -0.849. The van der Waals surface area contributed by atoms with Gasteiger partial charge in [0.1, 0.15) is 0 Å². The number of unbranched alkanes of at least 4 members (excludes halogenated alkanes) is 8. The monoisotopic (exact) mass is 247 g/mol. The van der Waals surface area contributed by atoms with E-state index < -0.39 is 0 Å². The van der Waals surface area contributed by atoms with E-state index in [0.717, 1.165) is 4.48 Å². The summed E-state index contributed by atoms with van der Waals surface area (Å²) in [5, 5.41) is 0. The Hall–Kier alpha value is -0.0800. The Bertz CT molecular complexity index is 105. The zero-order valence-corrected chi connectivity index (χ0v) is 13.3. The Morgan fingerprint density at radius 3 is 0.882 bits per heavy atom. The van der Waals surface area contributed by atoms with Crippen LogP contribution < -0.4 is 0 Å². The summed E-state index contributed by atoms with van der Waals surface area (Å²) >= 11 is 0. The maximum atomic E-state index is 2.27. The first-order valence-corrected chi connectivity index (χ1v) is 7.20.